The van der Waals surface area contributed by atoms with E-state index >= 15 is 0 Å². The van der Waals surface area contributed by atoms with Crippen molar-refractivity contribution in [3.63, 3.8) is 0 Å². The second kappa shape index (κ2) is 9.45. The van der Waals surface area contributed by atoms with Crippen LogP contribution in [0.1, 0.15) is 62.4 Å². The second-order valence-corrected chi connectivity index (χ2v) is 7.62. The van der Waals surface area contributed by atoms with Gasteiger partial charge in [0.1, 0.15) is 6.33 Å². The molecule has 1 fully saturated rings. The van der Waals surface area contributed by atoms with Crippen LogP contribution in [-0.2, 0) is 11.2 Å². The van der Waals surface area contributed by atoms with Gasteiger partial charge in [0, 0.05) is 12.8 Å². The van der Waals surface area contributed by atoms with Crippen LogP contribution in [0.25, 0.3) is 11.6 Å². The lowest BCUT2D eigenvalue weighted by Gasteiger charge is -2.27. The number of hydrogen-bond donors (Lipinski definition) is 2. The number of carbonyl (C=O) groups is 1. The molecule has 1 unspecified atom stereocenters. The van der Waals surface area contributed by atoms with Crippen LogP contribution in [0.2, 0.25) is 0 Å². The number of H-pyrrole nitrogens is 1. The number of aromatic nitrogens is 5. The van der Waals surface area contributed by atoms with Gasteiger partial charge in [-0.2, -0.15) is 10.1 Å². The van der Waals surface area contributed by atoms with Gasteiger partial charge in [-0.1, -0.05) is 67.6 Å². The molecule has 1 aromatic carbocycles. The van der Waals surface area contributed by atoms with Crippen molar-refractivity contribution in [2.45, 2.75) is 57.4 Å². The zero-order valence-electron chi connectivity index (χ0n) is 16.4. The molecular formula is C21H26N6O2. The Morgan fingerprint density at radius 3 is 2.79 bits per heavy atom. The summed E-state index contributed by atoms with van der Waals surface area (Å²) >= 11 is 0. The van der Waals surface area contributed by atoms with E-state index in [2.05, 4.69) is 42.8 Å². The largest absolute Gasteiger partial charge is 0.349 e. The van der Waals surface area contributed by atoms with Crippen molar-refractivity contribution < 1.29 is 9.32 Å². The Balaban J connectivity index is 1.34. The van der Waals surface area contributed by atoms with Crippen LogP contribution < -0.4 is 5.32 Å². The second-order valence-electron chi connectivity index (χ2n) is 7.62. The van der Waals surface area contributed by atoms with E-state index < -0.39 is 0 Å². The number of aryl methyl sites for hydroxylation is 1. The molecular weight excluding hydrogens is 368 g/mol. The summed E-state index contributed by atoms with van der Waals surface area (Å²) in [4.78, 5) is 20.9. The predicted octanol–water partition coefficient (Wildman–Crippen LogP) is 3.62. The van der Waals surface area contributed by atoms with Crippen LogP contribution in [0.3, 0.4) is 0 Å². The third-order valence-electron chi connectivity index (χ3n) is 5.49. The van der Waals surface area contributed by atoms with E-state index in [0.29, 0.717) is 36.3 Å². The van der Waals surface area contributed by atoms with Crippen LogP contribution in [0.15, 0.2) is 41.2 Å². The Labute approximate surface area is 169 Å². The average Bonchev–Trinajstić information content (AvgIpc) is 3.45. The third kappa shape index (κ3) is 5.28. The highest BCUT2D eigenvalue weighted by Crippen LogP contribution is 2.32. The summed E-state index contributed by atoms with van der Waals surface area (Å²) in [5.74, 6) is 1.87. The van der Waals surface area contributed by atoms with Gasteiger partial charge in [-0.25, -0.2) is 4.98 Å². The zero-order chi connectivity index (χ0) is 19.9. The molecule has 8 heteroatoms. The normalized spacial score (nSPS) is 15.9. The van der Waals surface area contributed by atoms with Crippen LogP contribution in [0, 0.1) is 5.92 Å². The van der Waals surface area contributed by atoms with Gasteiger partial charge in [-0.05, 0) is 17.9 Å². The Kier molecular flexibility index (Phi) is 6.29. The van der Waals surface area contributed by atoms with Gasteiger partial charge >= 0.3 is 0 Å². The first-order valence-corrected chi connectivity index (χ1v) is 10.3. The minimum absolute atomic E-state index is 0.00548. The Bertz CT molecular complexity index is 887. The van der Waals surface area contributed by atoms with Crippen LogP contribution in [-0.4, -0.2) is 31.2 Å². The topological polar surface area (TPSA) is 110 Å². The van der Waals surface area contributed by atoms with Crippen molar-refractivity contribution in [2.24, 2.45) is 5.92 Å². The third-order valence-corrected chi connectivity index (χ3v) is 5.49. The number of nitrogens with zero attached hydrogens (tertiary/aromatic N) is 4. The molecule has 2 heterocycles. The molecule has 4 rings (SSSR count). The molecule has 1 saturated carbocycles. The van der Waals surface area contributed by atoms with E-state index in [1.54, 1.807) is 0 Å². The van der Waals surface area contributed by atoms with Crippen molar-refractivity contribution in [3.8, 4) is 11.6 Å². The summed E-state index contributed by atoms with van der Waals surface area (Å²) in [6, 6.07) is 10.3. The number of carbonyl (C=O) groups excluding carboxylic acids is 1. The molecule has 0 radical (unpaired) electrons. The standard InChI is InChI=1S/C21H26N6O2/c28-18(11-12-19-25-21(27-29-19)20-22-14-23-26-20)24-17(16-9-5-2-6-10-16)13-15-7-3-1-4-8-15/h2,5-6,9-10,14-15,17H,1,3-4,7-8,11-13H2,(H,24,28)(H,22,23,26). The number of aromatic amines is 1. The number of hydrogen-bond acceptors (Lipinski definition) is 6. The van der Waals surface area contributed by atoms with Crippen LogP contribution >= 0.6 is 0 Å². The fourth-order valence-electron chi connectivity index (χ4n) is 3.97. The molecule has 1 amide bonds. The van der Waals surface area contributed by atoms with Crippen molar-refractivity contribution in [3.05, 3.63) is 48.1 Å². The molecule has 1 aliphatic carbocycles. The smallest absolute Gasteiger partial charge is 0.239 e. The van der Waals surface area contributed by atoms with Crippen molar-refractivity contribution in [1.29, 1.82) is 0 Å². The van der Waals surface area contributed by atoms with Crippen molar-refractivity contribution in [2.75, 3.05) is 0 Å². The van der Waals surface area contributed by atoms with Crippen LogP contribution in [0.5, 0.6) is 0 Å². The molecule has 0 bridgehead atoms. The van der Waals surface area contributed by atoms with Crippen molar-refractivity contribution >= 4 is 5.91 Å². The molecule has 8 nitrogen and oxygen atoms in total. The first-order valence-electron chi connectivity index (χ1n) is 10.3. The average molecular weight is 394 g/mol. The van der Waals surface area contributed by atoms with Gasteiger partial charge in [0.2, 0.25) is 17.6 Å². The summed E-state index contributed by atoms with van der Waals surface area (Å²) in [5.41, 5.74) is 1.16. The molecule has 0 saturated heterocycles. The minimum atomic E-state index is -0.00548. The Morgan fingerprint density at radius 1 is 1.21 bits per heavy atom. The van der Waals surface area contributed by atoms with E-state index in [0.717, 1.165) is 12.0 Å². The van der Waals surface area contributed by atoms with E-state index in [4.69, 9.17) is 4.52 Å². The maximum atomic E-state index is 12.6. The Hall–Kier alpha value is -3.03. The van der Waals surface area contributed by atoms with Gasteiger partial charge in [0.15, 0.2) is 5.82 Å². The highest BCUT2D eigenvalue weighted by molar-refractivity contribution is 5.76. The molecule has 0 aliphatic heterocycles. The monoisotopic (exact) mass is 394 g/mol. The van der Waals surface area contributed by atoms with Gasteiger partial charge in [0.05, 0.1) is 6.04 Å². The number of rotatable bonds is 8. The fraction of sp³-hybridized carbons (Fsp3) is 0.476. The van der Waals surface area contributed by atoms with Crippen molar-refractivity contribution in [1.82, 2.24) is 30.6 Å². The van der Waals surface area contributed by atoms with Gasteiger partial charge < -0.3 is 9.84 Å². The van der Waals surface area contributed by atoms with E-state index in [9.17, 15) is 4.79 Å². The summed E-state index contributed by atoms with van der Waals surface area (Å²) in [6.07, 6.45) is 9.50. The highest BCUT2D eigenvalue weighted by Gasteiger charge is 2.22. The lowest BCUT2D eigenvalue weighted by molar-refractivity contribution is -0.122. The number of amides is 1. The molecule has 1 aliphatic rings. The maximum absolute atomic E-state index is 12.6. The van der Waals surface area contributed by atoms with Crippen LogP contribution in [0.4, 0.5) is 0 Å². The Morgan fingerprint density at radius 2 is 2.03 bits per heavy atom. The lowest BCUT2D eigenvalue weighted by Crippen LogP contribution is -2.30. The zero-order valence-corrected chi connectivity index (χ0v) is 16.4. The summed E-state index contributed by atoms with van der Waals surface area (Å²) in [5, 5.41) is 13.6. The molecule has 1 atom stereocenters. The minimum Gasteiger partial charge on any atom is -0.349 e. The first kappa shape index (κ1) is 19.3. The van der Waals surface area contributed by atoms with E-state index in [1.165, 1.54) is 38.4 Å². The number of benzene rings is 1. The molecule has 2 N–H and O–H groups in total. The highest BCUT2D eigenvalue weighted by atomic mass is 16.5. The molecule has 152 valence electrons. The lowest BCUT2D eigenvalue weighted by atomic mass is 9.83. The summed E-state index contributed by atoms with van der Waals surface area (Å²) in [6.45, 7) is 0. The van der Waals surface area contributed by atoms with Gasteiger partial charge in [-0.15, -0.1) is 0 Å². The van der Waals surface area contributed by atoms with E-state index in [1.807, 2.05) is 18.2 Å². The summed E-state index contributed by atoms with van der Waals surface area (Å²) < 4.78 is 5.22. The predicted molar refractivity (Wildman–Crippen MR) is 107 cm³/mol. The maximum Gasteiger partial charge on any atom is 0.239 e. The number of nitrogens with one attached hydrogen (secondary N) is 2. The molecule has 29 heavy (non-hydrogen) atoms. The molecule has 2 aromatic heterocycles. The fourth-order valence-corrected chi connectivity index (χ4v) is 3.97. The van der Waals surface area contributed by atoms with Gasteiger partial charge in [0.25, 0.3) is 0 Å². The first-order chi connectivity index (χ1) is 14.3. The quantitative estimate of drug-likeness (QED) is 0.604. The van der Waals surface area contributed by atoms with Gasteiger partial charge in [-0.3, -0.25) is 9.89 Å². The van der Waals surface area contributed by atoms with E-state index in [-0.39, 0.29) is 11.9 Å². The molecule has 0 spiro atoms. The summed E-state index contributed by atoms with van der Waals surface area (Å²) in [7, 11) is 0. The SMILES string of the molecule is O=C(CCc1nc(-c2ncn[nH]2)no1)NC(CC1CCCCC1)c1ccccc1. The molecule has 3 aromatic rings.